The maximum absolute atomic E-state index is 12.9. The Hall–Kier alpha value is -3.35. The molecule has 1 aliphatic heterocycles. The lowest BCUT2D eigenvalue weighted by atomic mass is 9.93. The summed E-state index contributed by atoms with van der Waals surface area (Å²) < 4.78 is 5.66. The van der Waals surface area contributed by atoms with Crippen molar-refractivity contribution in [2.75, 3.05) is 19.7 Å². The van der Waals surface area contributed by atoms with Gasteiger partial charge >= 0.3 is 12.1 Å². The van der Waals surface area contributed by atoms with Gasteiger partial charge in [0.2, 0.25) is 5.91 Å². The third-order valence-corrected chi connectivity index (χ3v) is 8.25. The Morgan fingerprint density at radius 2 is 1.59 bits per heavy atom. The van der Waals surface area contributed by atoms with Crippen molar-refractivity contribution in [1.29, 1.82) is 0 Å². The summed E-state index contributed by atoms with van der Waals surface area (Å²) in [6.07, 6.45) is 2.89. The van der Waals surface area contributed by atoms with E-state index in [2.05, 4.69) is 29.6 Å². The molecule has 3 aliphatic carbocycles. The summed E-state index contributed by atoms with van der Waals surface area (Å²) in [5.74, 6) is -1.37. The quantitative estimate of drug-likeness (QED) is 0.684. The van der Waals surface area contributed by atoms with E-state index in [1.165, 1.54) is 11.1 Å². The van der Waals surface area contributed by atoms with E-state index >= 15 is 0 Å². The standard InChI is InChI=1S/C27H28N2O5/c30-23(29-14-22(24(31)32)26(16-29)9-10-26)13-27(11-12-27)28-25(33)34-15-21-19-7-3-1-5-17(19)18-6-2-4-8-20(18)21/h1-8,21-22H,9-16H2,(H,28,33)(H,31,32). The van der Waals surface area contributed by atoms with Gasteiger partial charge in [0.1, 0.15) is 6.61 Å². The van der Waals surface area contributed by atoms with Gasteiger partial charge in [0.05, 0.1) is 17.9 Å². The molecule has 0 aromatic heterocycles. The van der Waals surface area contributed by atoms with Crippen LogP contribution in [0.3, 0.4) is 0 Å². The lowest BCUT2D eigenvalue weighted by Crippen LogP contribution is -2.42. The fourth-order valence-electron chi connectivity index (χ4n) is 5.92. The third-order valence-electron chi connectivity index (χ3n) is 8.25. The van der Waals surface area contributed by atoms with Crippen molar-refractivity contribution in [1.82, 2.24) is 10.2 Å². The highest BCUT2D eigenvalue weighted by Crippen LogP contribution is 2.56. The SMILES string of the molecule is O=C(NC1(CC(=O)N2CC(C(=O)O)C3(CC3)C2)CC1)OCC1c2ccccc2-c2ccccc21. The Morgan fingerprint density at radius 1 is 0.971 bits per heavy atom. The first-order chi connectivity index (χ1) is 16.4. The minimum atomic E-state index is -0.814. The fourth-order valence-corrected chi connectivity index (χ4v) is 5.92. The molecule has 1 atom stereocenters. The van der Waals surface area contributed by atoms with Gasteiger partial charge in [0.15, 0.2) is 0 Å². The van der Waals surface area contributed by atoms with Crippen LogP contribution in [-0.2, 0) is 14.3 Å². The first-order valence-electron chi connectivity index (χ1n) is 12.0. The summed E-state index contributed by atoms with van der Waals surface area (Å²) in [5, 5.41) is 12.5. The molecule has 0 bridgehead atoms. The third kappa shape index (κ3) is 3.54. The maximum Gasteiger partial charge on any atom is 0.407 e. The number of hydrogen-bond acceptors (Lipinski definition) is 4. The number of rotatable bonds is 6. The molecular weight excluding hydrogens is 432 g/mol. The van der Waals surface area contributed by atoms with Crippen LogP contribution in [0.4, 0.5) is 4.79 Å². The number of fused-ring (bicyclic) bond motifs is 3. The number of nitrogens with one attached hydrogen (secondary N) is 1. The van der Waals surface area contributed by atoms with Gasteiger partial charge in [-0.2, -0.15) is 0 Å². The number of aliphatic carboxylic acids is 1. The Balaban J connectivity index is 1.07. The normalized spacial score (nSPS) is 22.7. The molecule has 176 valence electrons. The summed E-state index contributed by atoms with van der Waals surface area (Å²) >= 11 is 0. The predicted octanol–water partition coefficient (Wildman–Crippen LogP) is 3.77. The second-order valence-electron chi connectivity index (χ2n) is 10.4. The second-order valence-corrected chi connectivity index (χ2v) is 10.4. The number of alkyl carbamates (subject to hydrolysis) is 1. The van der Waals surface area contributed by atoms with Crippen molar-refractivity contribution in [3.05, 3.63) is 59.7 Å². The summed E-state index contributed by atoms with van der Waals surface area (Å²) in [6, 6.07) is 16.4. The zero-order chi connectivity index (χ0) is 23.5. The first-order valence-corrected chi connectivity index (χ1v) is 12.0. The number of carboxylic acids is 1. The van der Waals surface area contributed by atoms with Gasteiger partial charge in [0.25, 0.3) is 0 Å². The summed E-state index contributed by atoms with van der Waals surface area (Å²) in [7, 11) is 0. The van der Waals surface area contributed by atoms with Gasteiger partial charge in [-0.25, -0.2) is 4.79 Å². The van der Waals surface area contributed by atoms with E-state index in [1.807, 2.05) is 24.3 Å². The average Bonchev–Trinajstić information content (AvgIpc) is 3.69. The molecule has 7 nitrogen and oxygen atoms in total. The van der Waals surface area contributed by atoms with E-state index in [9.17, 15) is 19.5 Å². The second kappa shape index (κ2) is 7.58. The van der Waals surface area contributed by atoms with Gasteiger partial charge < -0.3 is 20.1 Å². The van der Waals surface area contributed by atoms with Crippen molar-refractivity contribution < 1.29 is 24.2 Å². The monoisotopic (exact) mass is 460 g/mol. The zero-order valence-corrected chi connectivity index (χ0v) is 19.0. The highest BCUT2D eigenvalue weighted by atomic mass is 16.5. The number of benzene rings is 2. The number of carbonyl (C=O) groups excluding carboxylic acids is 2. The van der Waals surface area contributed by atoms with Crippen LogP contribution in [0.25, 0.3) is 11.1 Å². The van der Waals surface area contributed by atoms with Gasteiger partial charge in [-0.05, 0) is 47.9 Å². The molecule has 2 aromatic carbocycles. The molecule has 3 fully saturated rings. The average molecular weight is 461 g/mol. The van der Waals surface area contributed by atoms with Crippen molar-refractivity contribution in [3.63, 3.8) is 0 Å². The summed E-state index contributed by atoms with van der Waals surface area (Å²) in [4.78, 5) is 38.9. The summed E-state index contributed by atoms with van der Waals surface area (Å²) in [5.41, 5.74) is 3.87. The molecule has 1 saturated heterocycles. The molecule has 7 heteroatoms. The Bertz CT molecular complexity index is 1140. The minimum absolute atomic E-state index is 0.0118. The first kappa shape index (κ1) is 21.2. The molecule has 0 radical (unpaired) electrons. The topological polar surface area (TPSA) is 95.9 Å². The number of likely N-dealkylation sites (tertiary alicyclic amines) is 1. The van der Waals surface area contributed by atoms with Crippen LogP contribution < -0.4 is 5.32 Å². The van der Waals surface area contributed by atoms with Gasteiger partial charge in [0, 0.05) is 24.4 Å². The van der Waals surface area contributed by atoms with E-state index in [0.29, 0.717) is 6.54 Å². The minimum Gasteiger partial charge on any atom is -0.481 e. The van der Waals surface area contributed by atoms with E-state index in [-0.39, 0.29) is 36.8 Å². The molecular formula is C27H28N2O5. The predicted molar refractivity (Wildman–Crippen MR) is 124 cm³/mol. The lowest BCUT2D eigenvalue weighted by Gasteiger charge is -2.22. The van der Waals surface area contributed by atoms with Crippen LogP contribution >= 0.6 is 0 Å². The number of hydrogen-bond donors (Lipinski definition) is 2. The smallest absolute Gasteiger partial charge is 0.407 e. The molecule has 2 amide bonds. The van der Waals surface area contributed by atoms with Crippen molar-refractivity contribution in [2.45, 2.75) is 43.6 Å². The number of carboxylic acid groups (broad SMARTS) is 1. The van der Waals surface area contributed by atoms with Crippen molar-refractivity contribution in [3.8, 4) is 11.1 Å². The van der Waals surface area contributed by atoms with Crippen LogP contribution in [0.1, 0.15) is 49.1 Å². The van der Waals surface area contributed by atoms with E-state index < -0.39 is 23.5 Å². The summed E-state index contributed by atoms with van der Waals surface area (Å²) in [6.45, 7) is 1.03. The van der Waals surface area contributed by atoms with Crippen molar-refractivity contribution >= 4 is 18.0 Å². The number of ether oxygens (including phenoxy) is 1. The van der Waals surface area contributed by atoms with Crippen LogP contribution in [0.2, 0.25) is 0 Å². The molecule has 2 saturated carbocycles. The van der Waals surface area contributed by atoms with Crippen LogP contribution in [0, 0.1) is 11.3 Å². The van der Waals surface area contributed by atoms with Crippen LogP contribution in [0.5, 0.6) is 0 Å². The highest BCUT2D eigenvalue weighted by molar-refractivity contribution is 5.82. The molecule has 2 N–H and O–H groups in total. The molecule has 1 heterocycles. The van der Waals surface area contributed by atoms with E-state index in [0.717, 1.165) is 36.8 Å². The van der Waals surface area contributed by atoms with Crippen LogP contribution in [-0.4, -0.2) is 53.2 Å². The Kier molecular flexibility index (Phi) is 4.73. The van der Waals surface area contributed by atoms with Crippen LogP contribution in [0.15, 0.2) is 48.5 Å². The molecule has 1 spiro atoms. The maximum atomic E-state index is 12.9. The fraction of sp³-hybridized carbons (Fsp3) is 0.444. The largest absolute Gasteiger partial charge is 0.481 e. The number of carbonyl (C=O) groups is 3. The number of nitrogens with zero attached hydrogens (tertiary/aromatic N) is 1. The number of amides is 2. The molecule has 4 aliphatic rings. The molecule has 2 aromatic rings. The lowest BCUT2D eigenvalue weighted by molar-refractivity contribution is -0.143. The zero-order valence-electron chi connectivity index (χ0n) is 19.0. The Morgan fingerprint density at radius 3 is 2.12 bits per heavy atom. The van der Waals surface area contributed by atoms with Crippen molar-refractivity contribution in [2.24, 2.45) is 11.3 Å². The molecule has 34 heavy (non-hydrogen) atoms. The van der Waals surface area contributed by atoms with Gasteiger partial charge in [-0.1, -0.05) is 48.5 Å². The van der Waals surface area contributed by atoms with Gasteiger partial charge in [-0.3, -0.25) is 9.59 Å². The van der Waals surface area contributed by atoms with E-state index in [1.54, 1.807) is 4.90 Å². The van der Waals surface area contributed by atoms with E-state index in [4.69, 9.17) is 4.74 Å². The molecule has 6 rings (SSSR count). The van der Waals surface area contributed by atoms with Gasteiger partial charge in [-0.15, -0.1) is 0 Å². The highest BCUT2D eigenvalue weighted by Gasteiger charge is 2.59. The molecule has 1 unspecified atom stereocenters. The Labute approximate surface area is 198 Å².